The fourth-order valence-electron chi connectivity index (χ4n) is 0.428. The maximum Gasteiger partial charge on any atom is 0.380 e. The van der Waals surface area contributed by atoms with Gasteiger partial charge in [-0.05, 0) is 12.1 Å². The third-order valence-corrected chi connectivity index (χ3v) is 0.756. The molecule has 1 aromatic carbocycles. The summed E-state index contributed by atoms with van der Waals surface area (Å²) in [6, 6.07) is 8.71. The van der Waals surface area contributed by atoms with Crippen molar-refractivity contribution in [2.24, 2.45) is 0 Å². The van der Waals surface area contributed by atoms with E-state index in [9.17, 15) is 9.13 Å². The second-order valence-electron chi connectivity index (χ2n) is 2.36. The average Bonchev–Trinajstić information content (AvgIpc) is 1.98. The van der Waals surface area contributed by atoms with Crippen molar-refractivity contribution in [2.45, 2.75) is 0 Å². The highest BCUT2D eigenvalue weighted by molar-refractivity contribution is 8.44. The number of phenolic OH excluding ortho intramolecular Hbond substituents is 1. The van der Waals surface area contributed by atoms with Gasteiger partial charge in [-0.2, -0.15) is 0 Å². The first-order chi connectivity index (χ1) is 7.39. The van der Waals surface area contributed by atoms with Gasteiger partial charge in [-0.15, -0.1) is 0 Å². The summed E-state index contributed by atoms with van der Waals surface area (Å²) in [6.45, 7) is -7.89. The Hall–Kier alpha value is 0.0200. The van der Waals surface area contributed by atoms with Crippen LogP contribution in [0.5, 0.6) is 5.75 Å². The molecule has 0 atom stereocenters. The first-order valence-corrected chi connectivity index (χ1v) is 9.23. The third-order valence-electron chi connectivity index (χ3n) is 0.756. The summed E-state index contributed by atoms with van der Waals surface area (Å²) < 4.78 is 18.4. The van der Waals surface area contributed by atoms with E-state index in [1.54, 1.807) is 24.3 Å². The summed E-state index contributed by atoms with van der Waals surface area (Å²) >= 11 is 5.58. The highest BCUT2D eigenvalue weighted by Crippen LogP contribution is 2.39. The van der Waals surface area contributed by atoms with E-state index < -0.39 is 13.6 Å². The van der Waals surface area contributed by atoms with Crippen LogP contribution in [-0.4, -0.2) is 24.7 Å². The van der Waals surface area contributed by atoms with Crippen molar-refractivity contribution in [1.29, 1.82) is 0 Å². The van der Waals surface area contributed by atoms with Crippen LogP contribution in [0.1, 0.15) is 0 Å². The van der Waals surface area contributed by atoms with Gasteiger partial charge in [0.15, 0.2) is 0 Å². The molecule has 0 spiro atoms. The van der Waals surface area contributed by atoms with Crippen molar-refractivity contribution in [2.75, 3.05) is 0 Å². The van der Waals surface area contributed by atoms with Crippen molar-refractivity contribution in [3.05, 3.63) is 30.3 Å². The summed E-state index contributed by atoms with van der Waals surface area (Å²) in [7, 11) is 0. The summed E-state index contributed by atoms with van der Waals surface area (Å²) in [5.74, 6) is 0.322. The molecule has 0 amide bonds. The van der Waals surface area contributed by atoms with Crippen LogP contribution in [-0.2, 0) is 9.13 Å². The lowest BCUT2D eigenvalue weighted by Crippen LogP contribution is -1.56. The maximum absolute atomic E-state index is 9.19. The van der Waals surface area contributed by atoms with Crippen LogP contribution < -0.4 is 0 Å². The minimum absolute atomic E-state index is 0.322. The minimum atomic E-state index is -3.94. The van der Waals surface area contributed by atoms with Crippen LogP contribution in [0, 0.1) is 0 Å². The molecule has 0 fully saturated rings. The zero-order chi connectivity index (χ0) is 14.1. The molecular weight excluding hydrogens is 310 g/mol. The minimum Gasteiger partial charge on any atom is -0.508 e. The fraction of sp³-hybridized carbons (Fsp3) is 0. The normalized spacial score (nSPS) is 10.5. The summed E-state index contributed by atoms with van der Waals surface area (Å²) in [5.41, 5.74) is 0. The molecule has 11 heteroatoms. The Morgan fingerprint density at radius 2 is 1.06 bits per heavy atom. The van der Waals surface area contributed by atoms with Crippen LogP contribution in [0.15, 0.2) is 30.3 Å². The van der Waals surface area contributed by atoms with Gasteiger partial charge in [0.1, 0.15) is 5.75 Å². The molecule has 0 aromatic heterocycles. The van der Waals surface area contributed by atoms with Gasteiger partial charge in [-0.25, -0.2) is 9.13 Å². The largest absolute Gasteiger partial charge is 0.508 e. The van der Waals surface area contributed by atoms with Gasteiger partial charge in [0, 0.05) is 0 Å². The van der Waals surface area contributed by atoms with Crippen molar-refractivity contribution in [3.8, 4) is 5.75 Å². The highest BCUT2D eigenvalue weighted by Gasteiger charge is 1.98. The Balaban J connectivity index is 0. The van der Waals surface area contributed by atoms with Gasteiger partial charge < -0.3 is 24.7 Å². The molecule has 17 heavy (non-hydrogen) atoms. The Morgan fingerprint density at radius 1 is 0.824 bits per heavy atom. The Labute approximate surface area is 108 Å². The number of hydrogen-bond donors (Lipinski definition) is 7. The molecule has 0 bridgehead atoms. The molecule has 7 nitrogen and oxygen atoms in total. The van der Waals surface area contributed by atoms with Gasteiger partial charge in [0.25, 0.3) is 0 Å². The molecule has 1 aromatic rings. The SMILES string of the molecule is O=P(O)(O)S.O=P(O)(O)S.Oc1ccccc1. The van der Waals surface area contributed by atoms with Gasteiger partial charge in [-0.3, -0.25) is 0 Å². The third kappa shape index (κ3) is 49.0. The standard InChI is InChI=1S/C6H6O.2H3O3PS/c7-6-4-2-1-3-5-6;2*1-4(2,3)5/h1-5,7H;2*(H3,1,2,3,5). The molecule has 0 unspecified atom stereocenters. The van der Waals surface area contributed by atoms with Crippen molar-refractivity contribution >= 4 is 38.1 Å². The lowest BCUT2D eigenvalue weighted by atomic mass is 10.3. The van der Waals surface area contributed by atoms with Crippen molar-refractivity contribution in [1.82, 2.24) is 0 Å². The zero-order valence-electron chi connectivity index (χ0n) is 8.23. The Kier molecular flexibility index (Phi) is 10.3. The first kappa shape index (κ1) is 19.4. The van der Waals surface area contributed by atoms with Crippen LogP contribution >= 0.6 is 38.1 Å². The maximum atomic E-state index is 9.19. The summed E-state index contributed by atoms with van der Waals surface area (Å²) in [6.07, 6.45) is 0. The second kappa shape index (κ2) is 9.02. The summed E-state index contributed by atoms with van der Waals surface area (Å²) in [5, 5.41) is 8.63. The van der Waals surface area contributed by atoms with Crippen molar-refractivity contribution < 1.29 is 33.8 Å². The van der Waals surface area contributed by atoms with E-state index in [-0.39, 0.29) is 0 Å². The van der Waals surface area contributed by atoms with Gasteiger partial charge in [0.2, 0.25) is 0 Å². The zero-order valence-corrected chi connectivity index (χ0v) is 11.8. The van der Waals surface area contributed by atoms with Gasteiger partial charge in [-0.1, -0.05) is 42.7 Å². The fourth-order valence-corrected chi connectivity index (χ4v) is 0.428. The topological polar surface area (TPSA) is 135 Å². The Bertz CT molecular complexity index is 350. The Morgan fingerprint density at radius 3 is 1.18 bits per heavy atom. The van der Waals surface area contributed by atoms with E-state index >= 15 is 0 Å². The second-order valence-corrected chi connectivity index (χ2v) is 7.54. The monoisotopic (exact) mass is 322 g/mol. The molecule has 0 aliphatic rings. The molecule has 5 N–H and O–H groups in total. The smallest absolute Gasteiger partial charge is 0.380 e. The highest BCUT2D eigenvalue weighted by atomic mass is 32.7. The molecule has 100 valence electrons. The van der Waals surface area contributed by atoms with Crippen LogP contribution in [0.4, 0.5) is 0 Å². The molecule has 0 aliphatic carbocycles. The van der Waals surface area contributed by atoms with E-state index in [2.05, 4.69) is 24.5 Å². The average molecular weight is 322 g/mol. The quantitative estimate of drug-likeness (QED) is 0.283. The summed E-state index contributed by atoms with van der Waals surface area (Å²) in [4.78, 5) is 30.0. The molecule has 0 saturated carbocycles. The lowest BCUT2D eigenvalue weighted by molar-refractivity contribution is 0.395. The van der Waals surface area contributed by atoms with E-state index in [1.807, 2.05) is 6.07 Å². The number of hydrogen-bond acceptors (Lipinski definition) is 3. The number of aromatic hydroxyl groups is 1. The number of benzene rings is 1. The van der Waals surface area contributed by atoms with E-state index in [4.69, 9.17) is 24.7 Å². The van der Waals surface area contributed by atoms with Gasteiger partial charge >= 0.3 is 13.6 Å². The van der Waals surface area contributed by atoms with E-state index in [1.165, 1.54) is 0 Å². The van der Waals surface area contributed by atoms with E-state index in [0.717, 1.165) is 0 Å². The van der Waals surface area contributed by atoms with Crippen LogP contribution in [0.25, 0.3) is 0 Å². The first-order valence-electron chi connectivity index (χ1n) is 3.70. The number of rotatable bonds is 0. The lowest BCUT2D eigenvalue weighted by Gasteiger charge is -1.83. The molecule has 0 radical (unpaired) electrons. The predicted molar refractivity (Wildman–Crippen MR) is 70.2 cm³/mol. The molecular formula is C6H12O7P2S2. The van der Waals surface area contributed by atoms with Crippen LogP contribution in [0.3, 0.4) is 0 Å². The number of phenols is 1. The molecule has 1 rings (SSSR count). The van der Waals surface area contributed by atoms with Crippen LogP contribution in [0.2, 0.25) is 0 Å². The number of para-hydroxylation sites is 1. The molecule has 0 heterocycles. The van der Waals surface area contributed by atoms with Crippen molar-refractivity contribution in [3.63, 3.8) is 0 Å². The number of thiol groups is 2. The molecule has 0 saturated heterocycles. The molecule has 0 aliphatic heterocycles. The van der Waals surface area contributed by atoms with E-state index in [0.29, 0.717) is 5.75 Å². The predicted octanol–water partition coefficient (Wildman–Crippen LogP) is 1.41. The van der Waals surface area contributed by atoms with Gasteiger partial charge in [0.05, 0.1) is 0 Å².